The van der Waals surface area contributed by atoms with Gasteiger partial charge in [-0.25, -0.2) is 9.97 Å². The monoisotopic (exact) mass is 447 g/mol. The number of piperazine rings is 1. The molecule has 0 radical (unpaired) electrons. The van der Waals surface area contributed by atoms with Crippen LogP contribution in [-0.4, -0.2) is 63.6 Å². The zero-order valence-corrected chi connectivity index (χ0v) is 21.1. The molecule has 178 valence electrons. The van der Waals surface area contributed by atoms with E-state index in [2.05, 4.69) is 72.4 Å². The molecule has 0 saturated carbocycles. The number of nitrogens with zero attached hydrogens (tertiary/aromatic N) is 5. The molecule has 0 N–H and O–H groups in total. The minimum absolute atomic E-state index is 0.832. The standard InChI is InChI=1S/C28H41N5/c1-5-7-14-31-16-18-32(19-17-31)15-8-9-24-10-12-25(13-11-24)21-33-26(6-2)30-27-22(3)20-23(4)29-28(27)33/h10-13,20H,5-9,14-19,21H2,1-4H3. The number of hydrogen-bond donors (Lipinski definition) is 0. The number of hydrogen-bond acceptors (Lipinski definition) is 4. The van der Waals surface area contributed by atoms with Crippen molar-refractivity contribution in [2.24, 2.45) is 0 Å². The Hall–Kier alpha value is -2.24. The van der Waals surface area contributed by atoms with Crippen molar-refractivity contribution in [3.05, 3.63) is 58.5 Å². The summed E-state index contributed by atoms with van der Waals surface area (Å²) in [5.41, 5.74) is 7.09. The molecule has 0 bridgehead atoms. The molecule has 4 rings (SSSR count). The average molecular weight is 448 g/mol. The lowest BCUT2D eigenvalue weighted by atomic mass is 10.1. The first-order chi connectivity index (χ1) is 16.1. The largest absolute Gasteiger partial charge is 0.308 e. The third-order valence-electron chi connectivity index (χ3n) is 7.01. The van der Waals surface area contributed by atoms with Gasteiger partial charge in [0.15, 0.2) is 5.65 Å². The lowest BCUT2D eigenvalue weighted by Crippen LogP contribution is -2.46. The van der Waals surface area contributed by atoms with E-state index < -0.39 is 0 Å². The number of aromatic nitrogens is 3. The van der Waals surface area contributed by atoms with E-state index in [9.17, 15) is 0 Å². The van der Waals surface area contributed by atoms with E-state index in [1.165, 1.54) is 75.2 Å². The Balaban J connectivity index is 1.31. The van der Waals surface area contributed by atoms with Crippen LogP contribution >= 0.6 is 0 Å². The summed E-state index contributed by atoms with van der Waals surface area (Å²) < 4.78 is 2.30. The molecule has 1 aliphatic rings. The van der Waals surface area contributed by atoms with E-state index in [0.717, 1.165) is 42.1 Å². The number of rotatable bonds is 10. The van der Waals surface area contributed by atoms with E-state index in [0.29, 0.717) is 0 Å². The van der Waals surface area contributed by atoms with Crippen LogP contribution in [0.2, 0.25) is 0 Å². The lowest BCUT2D eigenvalue weighted by molar-refractivity contribution is 0.130. The zero-order chi connectivity index (χ0) is 23.2. The molecule has 3 heterocycles. The number of benzene rings is 1. The summed E-state index contributed by atoms with van der Waals surface area (Å²) >= 11 is 0. The molecule has 1 aliphatic heterocycles. The van der Waals surface area contributed by atoms with E-state index in [1.54, 1.807) is 0 Å². The molecule has 0 aliphatic carbocycles. The van der Waals surface area contributed by atoms with E-state index in [4.69, 9.17) is 9.97 Å². The van der Waals surface area contributed by atoms with Crippen LogP contribution < -0.4 is 0 Å². The molecule has 2 aromatic heterocycles. The first kappa shape index (κ1) is 23.9. The molecule has 0 atom stereocenters. The van der Waals surface area contributed by atoms with Gasteiger partial charge in [0.2, 0.25) is 0 Å². The Morgan fingerprint density at radius 3 is 2.09 bits per heavy atom. The molecule has 1 fully saturated rings. The number of unbranched alkanes of at least 4 members (excludes halogenated alkanes) is 1. The SMILES string of the molecule is CCCCN1CCN(CCCc2ccc(Cn3c(CC)nc4c(C)cc(C)nc43)cc2)CC1. The summed E-state index contributed by atoms with van der Waals surface area (Å²) in [6, 6.07) is 11.3. The summed E-state index contributed by atoms with van der Waals surface area (Å²) in [6.45, 7) is 16.9. The molecule has 0 amide bonds. The second-order valence-corrected chi connectivity index (χ2v) is 9.68. The van der Waals surface area contributed by atoms with Crippen LogP contribution in [0.25, 0.3) is 11.2 Å². The normalized spacial score (nSPS) is 15.5. The number of aryl methyl sites for hydroxylation is 4. The molecule has 33 heavy (non-hydrogen) atoms. The maximum atomic E-state index is 4.88. The van der Waals surface area contributed by atoms with Crippen molar-refractivity contribution in [2.45, 2.75) is 66.3 Å². The summed E-state index contributed by atoms with van der Waals surface area (Å²) in [5.74, 6) is 1.12. The van der Waals surface area contributed by atoms with Gasteiger partial charge in [0.1, 0.15) is 11.3 Å². The summed E-state index contributed by atoms with van der Waals surface area (Å²) in [5, 5.41) is 0. The van der Waals surface area contributed by atoms with Crippen molar-refractivity contribution < 1.29 is 0 Å². The van der Waals surface area contributed by atoms with Crippen molar-refractivity contribution in [1.29, 1.82) is 0 Å². The molecular formula is C28H41N5. The average Bonchev–Trinajstić information content (AvgIpc) is 3.17. The van der Waals surface area contributed by atoms with E-state index in [1.807, 2.05) is 0 Å². The van der Waals surface area contributed by atoms with E-state index in [-0.39, 0.29) is 0 Å². The fraction of sp³-hybridized carbons (Fsp3) is 0.571. The molecular weight excluding hydrogens is 406 g/mol. The first-order valence-corrected chi connectivity index (χ1v) is 12.9. The van der Waals surface area contributed by atoms with Crippen LogP contribution in [0, 0.1) is 13.8 Å². The molecule has 0 unspecified atom stereocenters. The predicted molar refractivity (Wildman–Crippen MR) is 138 cm³/mol. The van der Waals surface area contributed by atoms with Crippen molar-refractivity contribution >= 4 is 11.2 Å². The van der Waals surface area contributed by atoms with Crippen LogP contribution in [0.3, 0.4) is 0 Å². The van der Waals surface area contributed by atoms with E-state index >= 15 is 0 Å². The Labute approximate surface area is 199 Å². The van der Waals surface area contributed by atoms with Crippen LogP contribution in [0.4, 0.5) is 0 Å². The minimum Gasteiger partial charge on any atom is -0.308 e. The third kappa shape index (κ3) is 6.01. The summed E-state index contributed by atoms with van der Waals surface area (Å²) in [7, 11) is 0. The Morgan fingerprint density at radius 1 is 0.818 bits per heavy atom. The second kappa shape index (κ2) is 11.3. The van der Waals surface area contributed by atoms with Gasteiger partial charge in [-0.1, -0.05) is 44.5 Å². The minimum atomic E-state index is 0.832. The van der Waals surface area contributed by atoms with Crippen LogP contribution in [0.15, 0.2) is 30.3 Å². The summed E-state index contributed by atoms with van der Waals surface area (Å²) in [6.07, 6.45) is 5.95. The van der Waals surface area contributed by atoms with Gasteiger partial charge in [0, 0.05) is 38.3 Å². The van der Waals surface area contributed by atoms with Crippen molar-refractivity contribution in [3.63, 3.8) is 0 Å². The fourth-order valence-electron chi connectivity index (χ4n) is 5.00. The Kier molecular flexibility index (Phi) is 8.15. The van der Waals surface area contributed by atoms with Gasteiger partial charge in [-0.15, -0.1) is 0 Å². The first-order valence-electron chi connectivity index (χ1n) is 12.9. The molecule has 1 saturated heterocycles. The lowest BCUT2D eigenvalue weighted by Gasteiger charge is -2.34. The molecule has 3 aromatic rings. The van der Waals surface area contributed by atoms with Gasteiger partial charge in [0.05, 0.1) is 6.54 Å². The van der Waals surface area contributed by atoms with Crippen LogP contribution in [0.5, 0.6) is 0 Å². The highest BCUT2D eigenvalue weighted by Gasteiger charge is 2.16. The van der Waals surface area contributed by atoms with Crippen LogP contribution in [0.1, 0.15) is 61.3 Å². The smallest absolute Gasteiger partial charge is 0.160 e. The number of pyridine rings is 1. The fourth-order valence-corrected chi connectivity index (χ4v) is 5.00. The summed E-state index contributed by atoms with van der Waals surface area (Å²) in [4.78, 5) is 15.0. The number of imidazole rings is 1. The quantitative estimate of drug-likeness (QED) is 0.438. The highest BCUT2D eigenvalue weighted by molar-refractivity contribution is 5.76. The van der Waals surface area contributed by atoms with Crippen molar-refractivity contribution in [3.8, 4) is 0 Å². The van der Waals surface area contributed by atoms with Gasteiger partial charge in [-0.05, 0) is 69.0 Å². The predicted octanol–water partition coefficient (Wildman–Crippen LogP) is 5.01. The Morgan fingerprint density at radius 2 is 1.45 bits per heavy atom. The maximum Gasteiger partial charge on any atom is 0.160 e. The second-order valence-electron chi connectivity index (χ2n) is 9.68. The van der Waals surface area contributed by atoms with Gasteiger partial charge < -0.3 is 14.4 Å². The van der Waals surface area contributed by atoms with Gasteiger partial charge >= 0.3 is 0 Å². The molecule has 5 heteroatoms. The topological polar surface area (TPSA) is 37.2 Å². The maximum absolute atomic E-state index is 4.88. The van der Waals surface area contributed by atoms with Gasteiger partial charge in [-0.3, -0.25) is 0 Å². The third-order valence-corrected chi connectivity index (χ3v) is 7.01. The highest BCUT2D eigenvalue weighted by atomic mass is 15.3. The molecule has 5 nitrogen and oxygen atoms in total. The van der Waals surface area contributed by atoms with Crippen LogP contribution in [-0.2, 0) is 19.4 Å². The van der Waals surface area contributed by atoms with Gasteiger partial charge in [-0.2, -0.15) is 0 Å². The number of fused-ring (bicyclic) bond motifs is 1. The zero-order valence-electron chi connectivity index (χ0n) is 21.1. The van der Waals surface area contributed by atoms with Gasteiger partial charge in [0.25, 0.3) is 0 Å². The molecule has 0 spiro atoms. The van der Waals surface area contributed by atoms with Crippen molar-refractivity contribution in [1.82, 2.24) is 24.3 Å². The molecule has 1 aromatic carbocycles. The highest BCUT2D eigenvalue weighted by Crippen LogP contribution is 2.21. The van der Waals surface area contributed by atoms with Crippen molar-refractivity contribution in [2.75, 3.05) is 39.3 Å². The Bertz CT molecular complexity index is 1030.